The van der Waals surface area contributed by atoms with Crippen LogP contribution in [0.3, 0.4) is 0 Å². The second-order valence-corrected chi connectivity index (χ2v) is 6.55. The van der Waals surface area contributed by atoms with E-state index in [2.05, 4.69) is 25.6 Å². The molecule has 1 aromatic carbocycles. The van der Waals surface area contributed by atoms with E-state index in [0.717, 1.165) is 4.47 Å². The maximum absolute atomic E-state index is 12.1. The fourth-order valence-electron chi connectivity index (χ4n) is 1.39. The number of sulfonamides is 1. The molecule has 8 heteroatoms. The molecule has 0 saturated carbocycles. The van der Waals surface area contributed by atoms with Gasteiger partial charge in [0.2, 0.25) is 0 Å². The lowest BCUT2D eigenvalue weighted by atomic mass is 10.3. The third kappa shape index (κ3) is 3.17. The van der Waals surface area contributed by atoms with Crippen LogP contribution in [0.2, 0.25) is 5.02 Å². The summed E-state index contributed by atoms with van der Waals surface area (Å²) in [6, 6.07) is 7.82. The predicted octanol–water partition coefficient (Wildman–Crippen LogP) is 2.88. The van der Waals surface area contributed by atoms with Gasteiger partial charge in [-0.3, -0.25) is 4.72 Å². The Kier molecular flexibility index (Phi) is 3.98. The van der Waals surface area contributed by atoms with Crippen LogP contribution in [-0.2, 0) is 10.0 Å². The van der Waals surface area contributed by atoms with Crippen LogP contribution in [0.25, 0.3) is 0 Å². The first-order valence-electron chi connectivity index (χ1n) is 5.08. The molecule has 0 aliphatic heterocycles. The Morgan fingerprint density at radius 1 is 1.32 bits per heavy atom. The smallest absolute Gasteiger partial charge is 0.281 e. The number of nitrogen functional groups attached to an aromatic ring is 1. The molecule has 0 saturated heterocycles. The Morgan fingerprint density at radius 2 is 2.05 bits per heavy atom. The topological polar surface area (TPSA) is 85.1 Å². The van der Waals surface area contributed by atoms with E-state index in [0.29, 0.717) is 0 Å². The number of rotatable bonds is 3. The van der Waals surface area contributed by atoms with Crippen LogP contribution in [-0.4, -0.2) is 13.4 Å². The van der Waals surface area contributed by atoms with Crippen molar-refractivity contribution in [1.29, 1.82) is 0 Å². The van der Waals surface area contributed by atoms with E-state index >= 15 is 0 Å². The molecular formula is C11H9BrClN3O2S. The van der Waals surface area contributed by atoms with Crippen molar-refractivity contribution < 1.29 is 8.42 Å². The molecule has 19 heavy (non-hydrogen) atoms. The number of nitrogens with zero attached hydrogens (tertiary/aromatic N) is 1. The number of aromatic nitrogens is 1. The molecule has 0 spiro atoms. The van der Waals surface area contributed by atoms with E-state index in [9.17, 15) is 8.42 Å². The summed E-state index contributed by atoms with van der Waals surface area (Å²) in [6.45, 7) is 0. The molecule has 100 valence electrons. The van der Waals surface area contributed by atoms with Gasteiger partial charge in [0.15, 0.2) is 5.03 Å². The molecule has 1 aromatic heterocycles. The van der Waals surface area contributed by atoms with Gasteiger partial charge in [0.1, 0.15) is 0 Å². The molecule has 0 radical (unpaired) electrons. The van der Waals surface area contributed by atoms with E-state index in [4.69, 9.17) is 17.3 Å². The summed E-state index contributed by atoms with van der Waals surface area (Å²) in [4.78, 5) is 3.77. The van der Waals surface area contributed by atoms with Gasteiger partial charge in [-0.1, -0.05) is 27.5 Å². The number of pyridine rings is 1. The highest BCUT2D eigenvalue weighted by molar-refractivity contribution is 9.10. The van der Waals surface area contributed by atoms with E-state index < -0.39 is 10.0 Å². The summed E-state index contributed by atoms with van der Waals surface area (Å²) in [5, 5.41) is 0.0430. The number of hydrogen-bond donors (Lipinski definition) is 2. The lowest BCUT2D eigenvalue weighted by Crippen LogP contribution is -2.16. The van der Waals surface area contributed by atoms with Gasteiger partial charge in [-0.15, -0.1) is 0 Å². The van der Waals surface area contributed by atoms with Crippen LogP contribution in [0, 0.1) is 0 Å². The first kappa shape index (κ1) is 14.1. The monoisotopic (exact) mass is 361 g/mol. The number of halogens is 2. The van der Waals surface area contributed by atoms with Crippen molar-refractivity contribution in [2.75, 3.05) is 10.5 Å². The summed E-state index contributed by atoms with van der Waals surface area (Å²) >= 11 is 9.19. The maximum Gasteiger partial charge on any atom is 0.281 e. The summed E-state index contributed by atoms with van der Waals surface area (Å²) in [5.41, 5.74) is 5.93. The molecule has 1 heterocycles. The van der Waals surface area contributed by atoms with Crippen LogP contribution in [0.15, 0.2) is 46.0 Å². The number of hydrogen-bond acceptors (Lipinski definition) is 4. The largest absolute Gasteiger partial charge is 0.396 e. The number of benzene rings is 1. The summed E-state index contributed by atoms with van der Waals surface area (Å²) in [7, 11) is -3.87. The standard InChI is InChI=1S/C11H9BrClN3O2S/c12-7-3-4-10(8(13)6-7)16-19(17,18)11-9(14)2-1-5-15-11/h1-6,16H,14H2. The molecule has 0 atom stereocenters. The Balaban J connectivity index is 2.40. The molecule has 5 nitrogen and oxygen atoms in total. The zero-order chi connectivity index (χ0) is 14.0. The van der Waals surface area contributed by atoms with Gasteiger partial charge in [0, 0.05) is 10.7 Å². The quantitative estimate of drug-likeness (QED) is 0.879. The van der Waals surface area contributed by atoms with Crippen molar-refractivity contribution in [2.24, 2.45) is 0 Å². The third-order valence-electron chi connectivity index (χ3n) is 2.23. The van der Waals surface area contributed by atoms with Crippen molar-refractivity contribution in [1.82, 2.24) is 4.98 Å². The molecular weight excluding hydrogens is 354 g/mol. The highest BCUT2D eigenvalue weighted by Gasteiger charge is 2.20. The Bertz CT molecular complexity index is 722. The second kappa shape index (κ2) is 5.36. The van der Waals surface area contributed by atoms with Gasteiger partial charge in [-0.2, -0.15) is 8.42 Å². The van der Waals surface area contributed by atoms with Crippen molar-refractivity contribution in [3.63, 3.8) is 0 Å². The van der Waals surface area contributed by atoms with Gasteiger partial charge in [-0.25, -0.2) is 4.98 Å². The number of anilines is 2. The van der Waals surface area contributed by atoms with Crippen LogP contribution in [0.4, 0.5) is 11.4 Å². The van der Waals surface area contributed by atoms with Gasteiger partial charge >= 0.3 is 0 Å². The minimum Gasteiger partial charge on any atom is -0.396 e. The van der Waals surface area contributed by atoms with Crippen molar-refractivity contribution in [2.45, 2.75) is 5.03 Å². The van der Waals surface area contributed by atoms with Crippen molar-refractivity contribution in [3.05, 3.63) is 46.0 Å². The lowest BCUT2D eigenvalue weighted by molar-refractivity contribution is 0.598. The van der Waals surface area contributed by atoms with Crippen LogP contribution in [0.1, 0.15) is 0 Å². The fourth-order valence-corrected chi connectivity index (χ4v) is 3.31. The molecule has 2 rings (SSSR count). The SMILES string of the molecule is Nc1cccnc1S(=O)(=O)Nc1ccc(Br)cc1Cl. The molecule has 0 aliphatic carbocycles. The van der Waals surface area contributed by atoms with Crippen molar-refractivity contribution >= 4 is 48.9 Å². The van der Waals surface area contributed by atoms with E-state index in [1.54, 1.807) is 24.3 Å². The first-order valence-corrected chi connectivity index (χ1v) is 7.74. The maximum atomic E-state index is 12.1. The Labute approximate surface area is 124 Å². The van der Waals surface area contributed by atoms with Crippen LogP contribution < -0.4 is 10.5 Å². The molecule has 3 N–H and O–H groups in total. The average molecular weight is 363 g/mol. The zero-order valence-corrected chi connectivity index (χ0v) is 12.6. The second-order valence-electron chi connectivity index (χ2n) is 3.63. The Morgan fingerprint density at radius 3 is 2.68 bits per heavy atom. The van der Waals surface area contributed by atoms with Gasteiger partial charge in [0.25, 0.3) is 10.0 Å². The molecule has 0 fully saturated rings. The molecule has 0 aliphatic rings. The van der Waals surface area contributed by atoms with Gasteiger partial charge in [-0.05, 0) is 30.3 Å². The molecule has 0 unspecified atom stereocenters. The van der Waals surface area contributed by atoms with Gasteiger partial charge < -0.3 is 5.73 Å². The number of nitrogens with two attached hydrogens (primary N) is 1. The lowest BCUT2D eigenvalue weighted by Gasteiger charge is -2.10. The van der Waals surface area contributed by atoms with Crippen LogP contribution in [0.5, 0.6) is 0 Å². The summed E-state index contributed by atoms with van der Waals surface area (Å²) in [6.07, 6.45) is 1.36. The predicted molar refractivity (Wildman–Crippen MR) is 78.6 cm³/mol. The van der Waals surface area contributed by atoms with E-state index in [1.807, 2.05) is 0 Å². The van der Waals surface area contributed by atoms with Gasteiger partial charge in [0.05, 0.1) is 16.4 Å². The molecule has 2 aromatic rings. The summed E-state index contributed by atoms with van der Waals surface area (Å²) in [5.74, 6) is 0. The minimum absolute atomic E-state index is 0.0724. The molecule has 0 bridgehead atoms. The van der Waals surface area contributed by atoms with E-state index in [-0.39, 0.29) is 21.4 Å². The van der Waals surface area contributed by atoms with Crippen LogP contribution >= 0.6 is 27.5 Å². The minimum atomic E-state index is -3.87. The zero-order valence-electron chi connectivity index (χ0n) is 9.47. The highest BCUT2D eigenvalue weighted by Crippen LogP contribution is 2.28. The third-order valence-corrected chi connectivity index (χ3v) is 4.38. The average Bonchev–Trinajstić information content (AvgIpc) is 2.33. The first-order chi connectivity index (χ1) is 8.90. The Hall–Kier alpha value is -1.31. The summed E-state index contributed by atoms with van der Waals surface area (Å²) < 4.78 is 27.4. The van der Waals surface area contributed by atoms with E-state index in [1.165, 1.54) is 12.3 Å². The highest BCUT2D eigenvalue weighted by atomic mass is 79.9. The van der Waals surface area contributed by atoms with Crippen molar-refractivity contribution in [3.8, 4) is 0 Å². The number of nitrogens with one attached hydrogen (secondary N) is 1. The normalized spacial score (nSPS) is 11.3. The fraction of sp³-hybridized carbons (Fsp3) is 0. The molecule has 0 amide bonds.